The van der Waals surface area contributed by atoms with Gasteiger partial charge < -0.3 is 9.64 Å². The number of hydrogen-bond acceptors (Lipinski definition) is 3. The second kappa shape index (κ2) is 7.28. The zero-order valence-electron chi connectivity index (χ0n) is 15.2. The maximum absolute atomic E-state index is 14.2. The highest BCUT2D eigenvalue weighted by Crippen LogP contribution is 2.35. The number of fused-ring (bicyclic) bond motifs is 1. The van der Waals surface area contributed by atoms with Crippen LogP contribution in [0, 0.1) is 5.82 Å². The van der Waals surface area contributed by atoms with Gasteiger partial charge in [0.15, 0.2) is 17.3 Å². The van der Waals surface area contributed by atoms with Gasteiger partial charge in [-0.25, -0.2) is 4.39 Å². The van der Waals surface area contributed by atoms with Gasteiger partial charge in [-0.15, -0.1) is 0 Å². The smallest absolute Gasteiger partial charge is 0.234 e. The number of anilines is 1. The Kier molecular flexibility index (Phi) is 5.07. The number of amides is 1. The van der Waals surface area contributed by atoms with Crippen LogP contribution < -0.4 is 9.64 Å². The fourth-order valence-corrected chi connectivity index (χ4v) is 3.53. The van der Waals surface area contributed by atoms with Crippen molar-refractivity contribution in [3.05, 3.63) is 59.4 Å². The van der Waals surface area contributed by atoms with E-state index < -0.39 is 11.7 Å². The zero-order chi connectivity index (χ0) is 18.8. The van der Waals surface area contributed by atoms with E-state index in [0.29, 0.717) is 24.1 Å². The van der Waals surface area contributed by atoms with Gasteiger partial charge in [0.1, 0.15) is 0 Å². The Morgan fingerprint density at radius 3 is 2.62 bits per heavy atom. The minimum atomic E-state index is -0.511. The van der Waals surface area contributed by atoms with Crippen LogP contribution in [0.3, 0.4) is 0 Å². The van der Waals surface area contributed by atoms with E-state index in [1.165, 1.54) is 19.2 Å². The van der Waals surface area contributed by atoms with Gasteiger partial charge in [-0.3, -0.25) is 9.59 Å². The number of carbonyl (C=O) groups is 2. The van der Waals surface area contributed by atoms with Gasteiger partial charge >= 0.3 is 0 Å². The minimum Gasteiger partial charge on any atom is -0.494 e. The third kappa shape index (κ3) is 3.21. The lowest BCUT2D eigenvalue weighted by Gasteiger charge is -2.33. The predicted molar refractivity (Wildman–Crippen MR) is 98.3 cm³/mol. The van der Waals surface area contributed by atoms with E-state index in [-0.39, 0.29) is 23.5 Å². The lowest BCUT2D eigenvalue weighted by atomic mass is 9.81. The molecule has 5 heteroatoms. The van der Waals surface area contributed by atoms with Gasteiger partial charge in [0.2, 0.25) is 5.91 Å². The first-order valence-corrected chi connectivity index (χ1v) is 8.72. The lowest BCUT2D eigenvalue weighted by Crippen LogP contribution is -2.41. The Hall–Kier alpha value is -2.69. The summed E-state index contributed by atoms with van der Waals surface area (Å²) in [5.41, 5.74) is 1.85. The van der Waals surface area contributed by atoms with Crippen molar-refractivity contribution in [3.63, 3.8) is 0 Å². The highest BCUT2D eigenvalue weighted by Gasteiger charge is 2.34. The summed E-state index contributed by atoms with van der Waals surface area (Å²) < 4.78 is 19.1. The Labute approximate surface area is 152 Å². The predicted octanol–water partition coefficient (Wildman–Crippen LogP) is 4.34. The van der Waals surface area contributed by atoms with E-state index in [1.54, 1.807) is 17.0 Å². The SMILES string of the molecule is COc1ccc(N(C(=O)C2CCC(=O)c3ccccc32)C(C)C)cc1F. The van der Waals surface area contributed by atoms with E-state index in [4.69, 9.17) is 4.74 Å². The largest absolute Gasteiger partial charge is 0.494 e. The van der Waals surface area contributed by atoms with Gasteiger partial charge in [-0.1, -0.05) is 24.3 Å². The van der Waals surface area contributed by atoms with Crippen molar-refractivity contribution in [2.45, 2.75) is 38.6 Å². The number of hydrogen-bond donors (Lipinski definition) is 0. The molecule has 0 saturated heterocycles. The molecular weight excluding hydrogens is 333 g/mol. The van der Waals surface area contributed by atoms with Crippen molar-refractivity contribution in [1.29, 1.82) is 0 Å². The minimum absolute atomic E-state index is 0.0660. The van der Waals surface area contributed by atoms with Crippen molar-refractivity contribution in [3.8, 4) is 5.75 Å². The Morgan fingerprint density at radius 2 is 1.96 bits per heavy atom. The van der Waals surface area contributed by atoms with Gasteiger partial charge in [0, 0.05) is 29.8 Å². The molecule has 1 amide bonds. The highest BCUT2D eigenvalue weighted by atomic mass is 19.1. The monoisotopic (exact) mass is 355 g/mol. The molecule has 0 fully saturated rings. The first-order valence-electron chi connectivity index (χ1n) is 8.72. The maximum Gasteiger partial charge on any atom is 0.234 e. The molecule has 0 aromatic heterocycles. The highest BCUT2D eigenvalue weighted by molar-refractivity contribution is 6.05. The van der Waals surface area contributed by atoms with Crippen molar-refractivity contribution in [1.82, 2.24) is 0 Å². The summed E-state index contributed by atoms with van der Waals surface area (Å²) in [5.74, 6) is -0.835. The average Bonchev–Trinajstić information content (AvgIpc) is 2.62. The molecule has 2 aromatic carbocycles. The van der Waals surface area contributed by atoms with Crippen LogP contribution in [-0.4, -0.2) is 24.8 Å². The molecule has 0 heterocycles. The average molecular weight is 355 g/mol. The molecule has 0 N–H and O–H groups in total. The summed E-state index contributed by atoms with van der Waals surface area (Å²) in [5, 5.41) is 0. The van der Waals surface area contributed by atoms with Gasteiger partial charge in [-0.2, -0.15) is 0 Å². The normalized spacial score (nSPS) is 16.3. The van der Waals surface area contributed by atoms with E-state index in [2.05, 4.69) is 0 Å². The molecule has 2 aromatic rings. The summed E-state index contributed by atoms with van der Waals surface area (Å²) in [6.45, 7) is 3.78. The molecule has 0 spiro atoms. The third-order valence-electron chi connectivity index (χ3n) is 4.76. The van der Waals surface area contributed by atoms with E-state index in [1.807, 2.05) is 32.0 Å². The van der Waals surface area contributed by atoms with Crippen LogP contribution in [0.25, 0.3) is 0 Å². The third-order valence-corrected chi connectivity index (χ3v) is 4.76. The lowest BCUT2D eigenvalue weighted by molar-refractivity contribution is -0.120. The summed E-state index contributed by atoms with van der Waals surface area (Å²) in [7, 11) is 1.40. The van der Waals surface area contributed by atoms with E-state index >= 15 is 0 Å². The first-order chi connectivity index (χ1) is 12.4. The van der Waals surface area contributed by atoms with Crippen molar-refractivity contribution in [2.24, 2.45) is 0 Å². The molecule has 0 bridgehead atoms. The fraction of sp³-hybridized carbons (Fsp3) is 0.333. The van der Waals surface area contributed by atoms with Crippen molar-refractivity contribution < 1.29 is 18.7 Å². The number of benzene rings is 2. The fourth-order valence-electron chi connectivity index (χ4n) is 3.53. The number of methoxy groups -OCH3 is 1. The molecule has 0 aliphatic heterocycles. The van der Waals surface area contributed by atoms with Gasteiger partial charge in [0.25, 0.3) is 0 Å². The number of ether oxygens (including phenoxy) is 1. The molecule has 1 aliphatic carbocycles. The molecule has 0 radical (unpaired) electrons. The topological polar surface area (TPSA) is 46.6 Å². The maximum atomic E-state index is 14.2. The molecule has 0 saturated carbocycles. The molecule has 4 nitrogen and oxygen atoms in total. The number of rotatable bonds is 4. The number of carbonyl (C=O) groups excluding carboxylic acids is 2. The summed E-state index contributed by atoms with van der Waals surface area (Å²) in [6, 6.07) is 11.6. The number of Topliss-reactive ketones (excluding diaryl/α,β-unsaturated/α-hetero) is 1. The van der Waals surface area contributed by atoms with Gasteiger partial charge in [0.05, 0.1) is 13.0 Å². The summed E-state index contributed by atoms with van der Waals surface area (Å²) >= 11 is 0. The van der Waals surface area contributed by atoms with Crippen LogP contribution in [0.1, 0.15) is 48.5 Å². The molecule has 1 aliphatic rings. The summed E-state index contributed by atoms with van der Waals surface area (Å²) in [6.07, 6.45) is 0.812. The summed E-state index contributed by atoms with van der Waals surface area (Å²) in [4.78, 5) is 27.1. The standard InChI is InChI=1S/C21H22FNO3/c1-13(2)23(14-8-11-20(26-3)18(22)12-14)21(25)17-9-10-19(24)16-7-5-4-6-15(16)17/h4-8,11-13,17H,9-10H2,1-3H3. The van der Waals surface area contributed by atoms with Crippen LogP contribution in [0.2, 0.25) is 0 Å². The van der Waals surface area contributed by atoms with Crippen LogP contribution in [0.4, 0.5) is 10.1 Å². The Balaban J connectivity index is 1.99. The quantitative estimate of drug-likeness (QED) is 0.820. The van der Waals surface area contributed by atoms with Crippen LogP contribution in [0.15, 0.2) is 42.5 Å². The Morgan fingerprint density at radius 1 is 1.23 bits per heavy atom. The molecule has 1 unspecified atom stereocenters. The Bertz CT molecular complexity index is 847. The molecular formula is C21H22FNO3. The van der Waals surface area contributed by atoms with E-state index in [0.717, 1.165) is 5.56 Å². The number of ketones is 1. The molecule has 3 rings (SSSR count). The van der Waals surface area contributed by atoms with Crippen LogP contribution in [-0.2, 0) is 4.79 Å². The van der Waals surface area contributed by atoms with Crippen molar-refractivity contribution >= 4 is 17.4 Å². The number of nitrogens with zero attached hydrogens (tertiary/aromatic N) is 1. The van der Waals surface area contributed by atoms with Crippen molar-refractivity contribution in [2.75, 3.05) is 12.0 Å². The molecule has 1 atom stereocenters. The molecule has 26 heavy (non-hydrogen) atoms. The first kappa shape index (κ1) is 18.1. The second-order valence-corrected chi connectivity index (χ2v) is 6.72. The zero-order valence-corrected chi connectivity index (χ0v) is 15.2. The van der Waals surface area contributed by atoms with Gasteiger partial charge in [-0.05, 0) is 38.0 Å². The number of halogens is 1. The van der Waals surface area contributed by atoms with Crippen LogP contribution in [0.5, 0.6) is 5.75 Å². The molecule has 136 valence electrons. The van der Waals surface area contributed by atoms with Crippen LogP contribution >= 0.6 is 0 Å². The van der Waals surface area contributed by atoms with E-state index in [9.17, 15) is 14.0 Å². The second-order valence-electron chi connectivity index (χ2n) is 6.72.